The van der Waals surface area contributed by atoms with Crippen LogP contribution in [0.3, 0.4) is 0 Å². The Morgan fingerprint density at radius 1 is 1.35 bits per heavy atom. The molecule has 0 aliphatic rings. The number of H-pyrrole nitrogens is 1. The van der Waals surface area contributed by atoms with Crippen molar-refractivity contribution in [3.05, 3.63) is 23.5 Å². The number of nitrogens with one attached hydrogen (secondary N) is 2. The number of carbonyl (C=O) groups excluding carboxylic acids is 2. The molecule has 0 bridgehead atoms. The molecule has 5 N–H and O–H groups in total. The second-order valence-electron chi connectivity index (χ2n) is 4.64. The molecule has 0 aliphatic carbocycles. The molecule has 0 saturated carbocycles. The van der Waals surface area contributed by atoms with Crippen LogP contribution in [0.2, 0.25) is 0 Å². The molecule has 7 nitrogen and oxygen atoms in total. The van der Waals surface area contributed by atoms with E-state index in [0.717, 1.165) is 0 Å². The number of rotatable bonds is 7. The Balaban J connectivity index is 2.75. The molecule has 0 fully saturated rings. The average molecular weight is 281 g/mol. The van der Waals surface area contributed by atoms with Crippen molar-refractivity contribution in [2.24, 2.45) is 11.1 Å². The van der Waals surface area contributed by atoms with Crippen LogP contribution in [0.5, 0.6) is 0 Å². The molecular weight excluding hydrogens is 262 g/mol. The summed E-state index contributed by atoms with van der Waals surface area (Å²) < 4.78 is 0. The number of hydrogen-bond donors (Lipinski definition) is 4. The maximum Gasteiger partial charge on any atom is 0.311 e. The Labute approximate surface area is 116 Å². The van der Waals surface area contributed by atoms with Crippen LogP contribution in [0.15, 0.2) is 12.3 Å². The molecule has 110 valence electrons. The summed E-state index contributed by atoms with van der Waals surface area (Å²) in [5, 5.41) is 11.8. The standard InChI is InChI=1S/C13H19N3O4/c1-3-13(4-2,12(19)20)7-16-11(18)9-5-8(6-15-9)10(14)17/h5-6,15H,3-4,7H2,1-2H3,(H2,14,17)(H,16,18)(H,19,20). The third-order valence-corrected chi connectivity index (χ3v) is 3.61. The van der Waals surface area contributed by atoms with Crippen molar-refractivity contribution in [1.29, 1.82) is 0 Å². The highest BCUT2D eigenvalue weighted by Gasteiger charge is 2.35. The number of carboxylic acids is 1. The Hall–Kier alpha value is -2.31. The summed E-state index contributed by atoms with van der Waals surface area (Å²) in [6.45, 7) is 3.56. The second-order valence-corrected chi connectivity index (χ2v) is 4.64. The fourth-order valence-electron chi connectivity index (χ4n) is 1.89. The minimum atomic E-state index is -0.977. The number of aromatic nitrogens is 1. The number of amides is 2. The number of aliphatic carboxylic acids is 1. The van der Waals surface area contributed by atoms with Crippen LogP contribution in [0.25, 0.3) is 0 Å². The normalized spacial score (nSPS) is 11.1. The maximum absolute atomic E-state index is 11.9. The second kappa shape index (κ2) is 6.23. The lowest BCUT2D eigenvalue weighted by Gasteiger charge is -2.26. The predicted molar refractivity (Wildman–Crippen MR) is 72.3 cm³/mol. The van der Waals surface area contributed by atoms with Gasteiger partial charge in [0.25, 0.3) is 5.91 Å². The van der Waals surface area contributed by atoms with E-state index in [1.165, 1.54) is 12.3 Å². The Morgan fingerprint density at radius 3 is 2.35 bits per heavy atom. The van der Waals surface area contributed by atoms with Crippen molar-refractivity contribution in [3.8, 4) is 0 Å². The quantitative estimate of drug-likeness (QED) is 0.588. The first-order valence-corrected chi connectivity index (χ1v) is 6.36. The third kappa shape index (κ3) is 3.17. The van der Waals surface area contributed by atoms with E-state index in [1.54, 1.807) is 13.8 Å². The van der Waals surface area contributed by atoms with Gasteiger partial charge in [0, 0.05) is 12.7 Å². The molecule has 0 saturated heterocycles. The fourth-order valence-corrected chi connectivity index (χ4v) is 1.89. The molecule has 0 aromatic carbocycles. The summed E-state index contributed by atoms with van der Waals surface area (Å²) in [5.41, 5.74) is 4.48. The van der Waals surface area contributed by atoms with Gasteiger partial charge in [-0.2, -0.15) is 0 Å². The van der Waals surface area contributed by atoms with Gasteiger partial charge in [-0.05, 0) is 18.9 Å². The number of carboxylic acid groups (broad SMARTS) is 1. The first-order chi connectivity index (χ1) is 9.36. The zero-order valence-corrected chi connectivity index (χ0v) is 11.5. The van der Waals surface area contributed by atoms with Crippen LogP contribution in [-0.4, -0.2) is 34.4 Å². The van der Waals surface area contributed by atoms with Crippen molar-refractivity contribution in [2.45, 2.75) is 26.7 Å². The van der Waals surface area contributed by atoms with Crippen molar-refractivity contribution in [1.82, 2.24) is 10.3 Å². The summed E-state index contributed by atoms with van der Waals surface area (Å²) in [4.78, 5) is 36.8. The first-order valence-electron chi connectivity index (χ1n) is 6.36. The Bertz CT molecular complexity index is 517. The highest BCUT2D eigenvalue weighted by atomic mass is 16.4. The van der Waals surface area contributed by atoms with E-state index in [1.807, 2.05) is 0 Å². The molecule has 0 aliphatic heterocycles. The molecule has 0 spiro atoms. The lowest BCUT2D eigenvalue weighted by atomic mass is 9.82. The molecule has 7 heteroatoms. The topological polar surface area (TPSA) is 125 Å². The van der Waals surface area contributed by atoms with Gasteiger partial charge in [0.2, 0.25) is 5.91 Å². The fraction of sp³-hybridized carbons (Fsp3) is 0.462. The lowest BCUT2D eigenvalue weighted by Crippen LogP contribution is -2.42. The van der Waals surface area contributed by atoms with Gasteiger partial charge in [0.15, 0.2) is 0 Å². The number of primary amides is 1. The molecule has 1 aromatic heterocycles. The van der Waals surface area contributed by atoms with Gasteiger partial charge in [-0.1, -0.05) is 13.8 Å². The predicted octanol–water partition coefficient (Wildman–Crippen LogP) is 0.734. The minimum Gasteiger partial charge on any atom is -0.481 e. The monoisotopic (exact) mass is 281 g/mol. The number of hydrogen-bond acceptors (Lipinski definition) is 3. The molecular formula is C13H19N3O4. The molecule has 1 heterocycles. The summed E-state index contributed by atoms with van der Waals surface area (Å²) >= 11 is 0. The molecule has 1 aromatic rings. The van der Waals surface area contributed by atoms with Crippen molar-refractivity contribution >= 4 is 17.8 Å². The highest BCUT2D eigenvalue weighted by Crippen LogP contribution is 2.25. The third-order valence-electron chi connectivity index (χ3n) is 3.61. The summed E-state index contributed by atoms with van der Waals surface area (Å²) in [6, 6.07) is 1.33. The van der Waals surface area contributed by atoms with Gasteiger partial charge in [0.1, 0.15) is 5.69 Å². The maximum atomic E-state index is 11.9. The summed E-state index contributed by atoms with van der Waals surface area (Å²) in [5.74, 6) is -2.04. The molecule has 0 atom stereocenters. The van der Waals surface area contributed by atoms with Crippen LogP contribution in [0.4, 0.5) is 0 Å². The lowest BCUT2D eigenvalue weighted by molar-refractivity contribution is -0.149. The van der Waals surface area contributed by atoms with Crippen LogP contribution in [0, 0.1) is 5.41 Å². The van der Waals surface area contributed by atoms with Crippen molar-refractivity contribution < 1.29 is 19.5 Å². The number of carbonyl (C=O) groups is 3. The van der Waals surface area contributed by atoms with Gasteiger partial charge in [-0.25, -0.2) is 0 Å². The highest BCUT2D eigenvalue weighted by molar-refractivity contribution is 5.98. The SMILES string of the molecule is CCC(CC)(CNC(=O)c1cc(C(N)=O)c[nH]1)C(=O)O. The van der Waals surface area contributed by atoms with E-state index >= 15 is 0 Å². The molecule has 2 amide bonds. The van der Waals surface area contributed by atoms with E-state index < -0.39 is 23.2 Å². The van der Waals surface area contributed by atoms with Crippen LogP contribution in [0.1, 0.15) is 47.5 Å². The average Bonchev–Trinajstić information content (AvgIpc) is 2.89. The van der Waals surface area contributed by atoms with Gasteiger partial charge in [-0.3, -0.25) is 14.4 Å². The van der Waals surface area contributed by atoms with E-state index in [2.05, 4.69) is 10.3 Å². The van der Waals surface area contributed by atoms with Gasteiger partial charge < -0.3 is 21.1 Å². The largest absolute Gasteiger partial charge is 0.481 e. The van der Waals surface area contributed by atoms with Gasteiger partial charge >= 0.3 is 5.97 Å². The molecule has 0 unspecified atom stereocenters. The smallest absolute Gasteiger partial charge is 0.311 e. The van der Waals surface area contributed by atoms with Crippen LogP contribution < -0.4 is 11.1 Å². The van der Waals surface area contributed by atoms with E-state index in [4.69, 9.17) is 5.73 Å². The Kier molecular flexibility index (Phi) is 4.90. The molecule has 0 radical (unpaired) electrons. The van der Waals surface area contributed by atoms with Gasteiger partial charge in [0.05, 0.1) is 11.0 Å². The Morgan fingerprint density at radius 2 is 1.95 bits per heavy atom. The summed E-state index contributed by atoms with van der Waals surface area (Å²) in [6.07, 6.45) is 2.16. The molecule has 1 rings (SSSR count). The molecule has 20 heavy (non-hydrogen) atoms. The number of aromatic amines is 1. The van der Waals surface area contributed by atoms with Crippen molar-refractivity contribution in [3.63, 3.8) is 0 Å². The van der Waals surface area contributed by atoms with E-state index in [0.29, 0.717) is 12.8 Å². The van der Waals surface area contributed by atoms with E-state index in [-0.39, 0.29) is 17.8 Å². The van der Waals surface area contributed by atoms with Gasteiger partial charge in [-0.15, -0.1) is 0 Å². The minimum absolute atomic E-state index is 0.0269. The first kappa shape index (κ1) is 15.7. The van der Waals surface area contributed by atoms with Crippen LogP contribution >= 0.6 is 0 Å². The van der Waals surface area contributed by atoms with E-state index in [9.17, 15) is 19.5 Å². The van der Waals surface area contributed by atoms with Crippen molar-refractivity contribution in [2.75, 3.05) is 6.54 Å². The summed E-state index contributed by atoms with van der Waals surface area (Å²) in [7, 11) is 0. The zero-order chi connectivity index (χ0) is 15.3. The van der Waals surface area contributed by atoms with Crippen LogP contribution in [-0.2, 0) is 4.79 Å². The zero-order valence-electron chi connectivity index (χ0n) is 11.5. The number of nitrogens with two attached hydrogens (primary N) is 1.